The van der Waals surface area contributed by atoms with Crippen LogP contribution in [0.25, 0.3) is 0 Å². The lowest BCUT2D eigenvalue weighted by Gasteiger charge is -2.62. The molecular weight excluding hydrogens is 342 g/mol. The van der Waals surface area contributed by atoms with E-state index in [0.717, 1.165) is 25.8 Å². The maximum absolute atomic E-state index is 12.0. The maximum Gasteiger partial charge on any atom is 0.222 e. The van der Waals surface area contributed by atoms with E-state index in [2.05, 4.69) is 29.2 Å². The van der Waals surface area contributed by atoms with Crippen LogP contribution in [-0.4, -0.2) is 42.4 Å². The quantitative estimate of drug-likeness (QED) is 0.883. The van der Waals surface area contributed by atoms with Crippen molar-refractivity contribution in [2.45, 2.75) is 36.6 Å². The monoisotopic (exact) mass is 367 g/mol. The number of benzene rings is 2. The second-order valence-electron chi connectivity index (χ2n) is 7.69. The van der Waals surface area contributed by atoms with Crippen LogP contribution in [0.2, 0.25) is 0 Å². The molecule has 0 amide bonds. The van der Waals surface area contributed by atoms with Gasteiger partial charge in [0.2, 0.25) is 5.79 Å². The van der Waals surface area contributed by atoms with E-state index in [-0.39, 0.29) is 6.04 Å². The molecule has 0 aromatic heterocycles. The smallest absolute Gasteiger partial charge is 0.222 e. The van der Waals surface area contributed by atoms with Crippen molar-refractivity contribution in [3.05, 3.63) is 59.7 Å². The highest BCUT2D eigenvalue weighted by Crippen LogP contribution is 2.57. The van der Waals surface area contributed by atoms with Gasteiger partial charge in [0, 0.05) is 0 Å². The predicted octanol–water partition coefficient (Wildman–Crippen LogP) is 3.23. The Kier molecular flexibility index (Phi) is 3.93. The third-order valence-corrected chi connectivity index (χ3v) is 6.44. The van der Waals surface area contributed by atoms with Crippen LogP contribution in [-0.2, 0) is 10.5 Å². The average molecular weight is 367 g/mol. The molecule has 3 aliphatic heterocycles. The van der Waals surface area contributed by atoms with Crippen molar-refractivity contribution in [1.29, 1.82) is 0 Å². The van der Waals surface area contributed by atoms with Crippen LogP contribution in [0.1, 0.15) is 36.4 Å². The fourth-order valence-corrected chi connectivity index (χ4v) is 5.14. The molecule has 2 fully saturated rings. The minimum absolute atomic E-state index is 0.103. The molecule has 3 aliphatic rings. The lowest BCUT2D eigenvalue weighted by molar-refractivity contribution is -0.350. The van der Waals surface area contributed by atoms with Crippen molar-refractivity contribution in [3.8, 4) is 11.5 Å². The molecule has 2 saturated heterocycles. The summed E-state index contributed by atoms with van der Waals surface area (Å²) >= 11 is 0. The van der Waals surface area contributed by atoms with E-state index in [1.54, 1.807) is 7.11 Å². The summed E-state index contributed by atoms with van der Waals surface area (Å²) in [5.41, 5.74) is 1.22. The summed E-state index contributed by atoms with van der Waals surface area (Å²) in [5, 5.41) is 12.0. The first-order valence-electron chi connectivity index (χ1n) is 9.68. The zero-order chi connectivity index (χ0) is 18.5. The van der Waals surface area contributed by atoms with Gasteiger partial charge in [-0.2, -0.15) is 0 Å². The first-order chi connectivity index (χ1) is 13.2. The van der Waals surface area contributed by atoms with E-state index in [1.165, 1.54) is 5.56 Å². The normalized spacial score (nSPS) is 32.6. The Morgan fingerprint density at radius 2 is 1.96 bits per heavy atom. The molecule has 0 aliphatic carbocycles. The SMILES string of the molecule is COc1cccc2c1[C@]1(O)OC[C@@H](c3ccccc3)N3CCCC[C@]31CO2. The summed E-state index contributed by atoms with van der Waals surface area (Å²) in [5.74, 6) is -0.192. The highest BCUT2D eigenvalue weighted by molar-refractivity contribution is 5.51. The summed E-state index contributed by atoms with van der Waals surface area (Å²) < 4.78 is 18.1. The van der Waals surface area contributed by atoms with Crippen molar-refractivity contribution in [2.75, 3.05) is 26.9 Å². The van der Waals surface area contributed by atoms with Gasteiger partial charge in [-0.05, 0) is 43.5 Å². The van der Waals surface area contributed by atoms with Crippen LogP contribution < -0.4 is 9.47 Å². The first kappa shape index (κ1) is 17.0. The lowest BCUT2D eigenvalue weighted by atomic mass is 9.72. The van der Waals surface area contributed by atoms with Gasteiger partial charge in [-0.1, -0.05) is 36.4 Å². The molecule has 1 spiro atoms. The first-order valence-corrected chi connectivity index (χ1v) is 9.68. The van der Waals surface area contributed by atoms with E-state index >= 15 is 0 Å². The number of rotatable bonds is 2. The number of aliphatic hydroxyl groups is 1. The van der Waals surface area contributed by atoms with Crippen LogP contribution in [0.4, 0.5) is 0 Å². The predicted molar refractivity (Wildman–Crippen MR) is 101 cm³/mol. The van der Waals surface area contributed by atoms with Crippen molar-refractivity contribution in [2.24, 2.45) is 0 Å². The topological polar surface area (TPSA) is 51.2 Å². The zero-order valence-electron chi connectivity index (χ0n) is 15.6. The number of piperidine rings is 1. The van der Waals surface area contributed by atoms with Gasteiger partial charge in [-0.25, -0.2) is 0 Å². The molecule has 0 unspecified atom stereocenters. The molecule has 5 rings (SSSR count). The van der Waals surface area contributed by atoms with Crippen molar-refractivity contribution >= 4 is 0 Å². The molecule has 2 aromatic rings. The fraction of sp³-hybridized carbons (Fsp3) is 0.455. The summed E-state index contributed by atoms with van der Waals surface area (Å²) in [7, 11) is 1.62. The van der Waals surface area contributed by atoms with Gasteiger partial charge in [0.05, 0.1) is 25.3 Å². The summed E-state index contributed by atoms with van der Waals surface area (Å²) in [4.78, 5) is 2.42. The molecule has 0 saturated carbocycles. The number of hydrogen-bond acceptors (Lipinski definition) is 5. The highest BCUT2D eigenvalue weighted by Gasteiger charge is 2.65. The van der Waals surface area contributed by atoms with E-state index in [0.29, 0.717) is 30.3 Å². The van der Waals surface area contributed by atoms with Crippen LogP contribution in [0.15, 0.2) is 48.5 Å². The van der Waals surface area contributed by atoms with Gasteiger partial charge in [0.15, 0.2) is 0 Å². The Hall–Kier alpha value is -2.08. The van der Waals surface area contributed by atoms with E-state index < -0.39 is 11.3 Å². The molecular formula is C22H25NO4. The zero-order valence-corrected chi connectivity index (χ0v) is 15.6. The van der Waals surface area contributed by atoms with Crippen LogP contribution in [0, 0.1) is 0 Å². The summed E-state index contributed by atoms with van der Waals surface area (Å²) in [6.07, 6.45) is 2.97. The van der Waals surface area contributed by atoms with Gasteiger partial charge >= 0.3 is 0 Å². The Balaban J connectivity index is 1.66. The number of nitrogens with zero attached hydrogens (tertiary/aromatic N) is 1. The van der Waals surface area contributed by atoms with Gasteiger partial charge in [0.1, 0.15) is 23.6 Å². The second-order valence-corrected chi connectivity index (χ2v) is 7.69. The van der Waals surface area contributed by atoms with Gasteiger partial charge in [0.25, 0.3) is 0 Å². The summed E-state index contributed by atoms with van der Waals surface area (Å²) in [6.45, 7) is 1.76. The average Bonchev–Trinajstić information content (AvgIpc) is 2.73. The number of ether oxygens (including phenoxy) is 3. The standard InChI is InChI=1S/C22H25NO4/c1-25-18-10-7-11-19-20(18)22(24)21(15-26-19)12-5-6-13-23(21)17(14-27-22)16-8-3-2-4-9-16/h2-4,7-11,17,24H,5-6,12-15H2,1H3/t17-,21+,22-/m0/s1. The van der Waals surface area contributed by atoms with E-state index in [4.69, 9.17) is 14.2 Å². The molecule has 3 heterocycles. The van der Waals surface area contributed by atoms with E-state index in [1.807, 2.05) is 24.3 Å². The number of methoxy groups -OCH3 is 1. The van der Waals surface area contributed by atoms with Crippen LogP contribution in [0.3, 0.4) is 0 Å². The lowest BCUT2D eigenvalue weighted by Crippen LogP contribution is -2.73. The highest BCUT2D eigenvalue weighted by atomic mass is 16.6. The summed E-state index contributed by atoms with van der Waals surface area (Å²) in [6, 6.07) is 16.1. The fourth-order valence-electron chi connectivity index (χ4n) is 5.14. The molecule has 2 aromatic carbocycles. The largest absolute Gasteiger partial charge is 0.496 e. The minimum atomic E-state index is -1.45. The van der Waals surface area contributed by atoms with Crippen LogP contribution in [0.5, 0.6) is 11.5 Å². The number of hydrogen-bond donors (Lipinski definition) is 1. The molecule has 0 bridgehead atoms. The molecule has 3 atom stereocenters. The van der Waals surface area contributed by atoms with Gasteiger partial charge < -0.3 is 19.3 Å². The van der Waals surface area contributed by atoms with Crippen molar-refractivity contribution < 1.29 is 19.3 Å². The Labute approximate surface area is 159 Å². The van der Waals surface area contributed by atoms with E-state index in [9.17, 15) is 5.11 Å². The number of fused-ring (bicyclic) bond motifs is 2. The third-order valence-electron chi connectivity index (χ3n) is 6.44. The Morgan fingerprint density at radius 1 is 1.11 bits per heavy atom. The Bertz CT molecular complexity index is 827. The van der Waals surface area contributed by atoms with Crippen LogP contribution >= 0.6 is 0 Å². The second kappa shape index (κ2) is 6.23. The number of morpholine rings is 1. The van der Waals surface area contributed by atoms with Gasteiger partial charge in [-0.15, -0.1) is 0 Å². The molecule has 5 nitrogen and oxygen atoms in total. The third kappa shape index (κ3) is 2.29. The molecule has 27 heavy (non-hydrogen) atoms. The van der Waals surface area contributed by atoms with Crippen molar-refractivity contribution in [1.82, 2.24) is 4.90 Å². The Morgan fingerprint density at radius 3 is 2.78 bits per heavy atom. The van der Waals surface area contributed by atoms with Crippen molar-refractivity contribution in [3.63, 3.8) is 0 Å². The van der Waals surface area contributed by atoms with Gasteiger partial charge in [-0.3, -0.25) is 4.90 Å². The molecule has 0 radical (unpaired) electrons. The molecule has 142 valence electrons. The maximum atomic E-state index is 12.0. The minimum Gasteiger partial charge on any atom is -0.496 e. The molecule has 1 N–H and O–H groups in total. The molecule has 5 heteroatoms.